The Hall–Kier alpha value is -2.13. The quantitative estimate of drug-likeness (QED) is 0.588. The molecule has 0 N–H and O–H groups in total. The molecule has 2 aromatic rings. The summed E-state index contributed by atoms with van der Waals surface area (Å²) in [6.45, 7) is 1.86. The highest BCUT2D eigenvalue weighted by Gasteiger charge is 2.43. The molecule has 156 valence electrons. The van der Waals surface area contributed by atoms with Crippen molar-refractivity contribution in [2.45, 2.75) is 41.7 Å². The summed E-state index contributed by atoms with van der Waals surface area (Å²) in [7, 11) is 0. The number of nitrogens with zero attached hydrogens (tertiary/aromatic N) is 1. The van der Waals surface area contributed by atoms with Gasteiger partial charge in [0.1, 0.15) is 11.6 Å². The van der Waals surface area contributed by atoms with Gasteiger partial charge in [-0.15, -0.1) is 5.06 Å². The van der Waals surface area contributed by atoms with E-state index in [2.05, 4.69) is 4.84 Å². The van der Waals surface area contributed by atoms with Gasteiger partial charge in [0.15, 0.2) is 0 Å². The van der Waals surface area contributed by atoms with Crippen molar-refractivity contribution < 1.29 is 31.6 Å². The highest BCUT2D eigenvalue weighted by molar-refractivity contribution is 7.99. The van der Waals surface area contributed by atoms with Crippen LogP contribution >= 0.6 is 11.8 Å². The lowest BCUT2D eigenvalue weighted by Crippen LogP contribution is -2.39. The van der Waals surface area contributed by atoms with Gasteiger partial charge < -0.3 is 4.84 Å². The number of piperidine rings is 1. The second-order valence-electron chi connectivity index (χ2n) is 6.77. The summed E-state index contributed by atoms with van der Waals surface area (Å²) >= 11 is 1.11. The Morgan fingerprint density at radius 3 is 2.38 bits per heavy atom. The molecular weight excluding hydrogens is 413 g/mol. The van der Waals surface area contributed by atoms with E-state index in [-0.39, 0.29) is 19.0 Å². The van der Waals surface area contributed by atoms with Crippen LogP contribution in [0.25, 0.3) is 0 Å². The predicted molar refractivity (Wildman–Crippen MR) is 97.4 cm³/mol. The number of halogens is 5. The van der Waals surface area contributed by atoms with Crippen molar-refractivity contribution >= 4 is 17.7 Å². The number of alkyl halides is 3. The van der Waals surface area contributed by atoms with Crippen LogP contribution < -0.4 is 0 Å². The molecule has 0 radical (unpaired) electrons. The topological polar surface area (TPSA) is 29.5 Å². The van der Waals surface area contributed by atoms with Crippen molar-refractivity contribution in [2.24, 2.45) is 0 Å². The van der Waals surface area contributed by atoms with Crippen LogP contribution in [0.1, 0.15) is 29.9 Å². The number of hydrogen-bond donors (Lipinski definition) is 0. The SMILES string of the molecule is Cc1ccc(Sc2cccc(F)c2C2CCN(OC(=O)C(F)(F)F)CC2)c(F)c1. The molecule has 1 saturated heterocycles. The molecule has 29 heavy (non-hydrogen) atoms. The number of benzene rings is 2. The molecule has 1 aliphatic rings. The van der Waals surface area contributed by atoms with Crippen molar-refractivity contribution in [3.63, 3.8) is 0 Å². The zero-order valence-electron chi connectivity index (χ0n) is 15.4. The van der Waals surface area contributed by atoms with Gasteiger partial charge in [0, 0.05) is 28.4 Å². The maximum Gasteiger partial charge on any atom is 0.492 e. The highest BCUT2D eigenvalue weighted by Crippen LogP contribution is 2.40. The third-order valence-corrected chi connectivity index (χ3v) is 5.75. The van der Waals surface area contributed by atoms with Crippen molar-refractivity contribution in [2.75, 3.05) is 13.1 Å². The molecule has 0 amide bonds. The minimum Gasteiger partial charge on any atom is -0.361 e. The van der Waals surface area contributed by atoms with Gasteiger partial charge in [0.2, 0.25) is 0 Å². The second-order valence-corrected chi connectivity index (χ2v) is 7.85. The van der Waals surface area contributed by atoms with Gasteiger partial charge in [0.25, 0.3) is 0 Å². The molecule has 9 heteroatoms. The van der Waals surface area contributed by atoms with Crippen molar-refractivity contribution in [3.05, 3.63) is 59.2 Å². The maximum atomic E-state index is 14.6. The first-order valence-electron chi connectivity index (χ1n) is 8.91. The zero-order valence-corrected chi connectivity index (χ0v) is 16.2. The number of hydrogen-bond acceptors (Lipinski definition) is 4. The van der Waals surface area contributed by atoms with Gasteiger partial charge >= 0.3 is 12.1 Å². The summed E-state index contributed by atoms with van der Waals surface area (Å²) in [5.41, 5.74) is 1.17. The average molecular weight is 431 g/mol. The largest absolute Gasteiger partial charge is 0.492 e. The fraction of sp³-hybridized carbons (Fsp3) is 0.350. The molecule has 3 rings (SSSR count). The van der Waals surface area contributed by atoms with Gasteiger partial charge in [-0.1, -0.05) is 23.9 Å². The maximum absolute atomic E-state index is 14.6. The van der Waals surface area contributed by atoms with Gasteiger partial charge in [-0.3, -0.25) is 0 Å². The number of carbonyl (C=O) groups is 1. The number of carbonyl (C=O) groups excluding carboxylic acids is 1. The molecule has 0 spiro atoms. The van der Waals surface area contributed by atoms with Crippen LogP contribution in [-0.4, -0.2) is 30.3 Å². The fourth-order valence-electron chi connectivity index (χ4n) is 3.21. The molecule has 0 saturated carbocycles. The van der Waals surface area contributed by atoms with Crippen LogP contribution in [0.4, 0.5) is 22.0 Å². The lowest BCUT2D eigenvalue weighted by molar-refractivity contribution is -0.241. The smallest absolute Gasteiger partial charge is 0.361 e. The molecule has 1 fully saturated rings. The molecule has 3 nitrogen and oxygen atoms in total. The van der Waals surface area contributed by atoms with Crippen LogP contribution in [0.5, 0.6) is 0 Å². The summed E-state index contributed by atoms with van der Waals surface area (Å²) in [5.74, 6) is -3.41. The van der Waals surface area contributed by atoms with E-state index in [4.69, 9.17) is 0 Å². The van der Waals surface area contributed by atoms with E-state index in [1.807, 2.05) is 0 Å². The third kappa shape index (κ3) is 5.27. The molecular formula is C20H18F5NO2S. The Bertz CT molecular complexity index is 895. The Kier molecular flexibility index (Phi) is 6.48. The molecule has 0 bridgehead atoms. The van der Waals surface area contributed by atoms with E-state index in [9.17, 15) is 26.7 Å². The minimum atomic E-state index is -5.07. The van der Waals surface area contributed by atoms with E-state index in [0.717, 1.165) is 22.4 Å². The Labute approximate surface area is 168 Å². The fourth-order valence-corrected chi connectivity index (χ4v) is 4.26. The van der Waals surface area contributed by atoms with Crippen molar-refractivity contribution in [1.29, 1.82) is 0 Å². The number of rotatable bonds is 4. The highest BCUT2D eigenvalue weighted by atomic mass is 32.2. The average Bonchev–Trinajstić information content (AvgIpc) is 2.64. The van der Waals surface area contributed by atoms with E-state index >= 15 is 0 Å². The lowest BCUT2D eigenvalue weighted by Gasteiger charge is -2.31. The molecule has 0 aliphatic carbocycles. The molecule has 1 aliphatic heterocycles. The van der Waals surface area contributed by atoms with Crippen molar-refractivity contribution in [3.8, 4) is 0 Å². The minimum absolute atomic E-state index is 0.0455. The summed E-state index contributed by atoms with van der Waals surface area (Å²) < 4.78 is 65.8. The number of aryl methyl sites for hydroxylation is 1. The summed E-state index contributed by atoms with van der Waals surface area (Å²) in [5, 5.41) is 0.944. The van der Waals surface area contributed by atoms with Crippen LogP contribution in [0.2, 0.25) is 0 Å². The molecule has 1 heterocycles. The number of hydroxylamine groups is 2. The summed E-state index contributed by atoms with van der Waals surface area (Å²) in [6, 6.07) is 9.32. The van der Waals surface area contributed by atoms with Gasteiger partial charge in [-0.25, -0.2) is 13.6 Å². The van der Waals surface area contributed by atoms with Gasteiger partial charge in [-0.05, 0) is 55.5 Å². The Morgan fingerprint density at radius 1 is 1.07 bits per heavy atom. The van der Waals surface area contributed by atoms with Gasteiger partial charge in [-0.2, -0.15) is 13.2 Å². The third-order valence-electron chi connectivity index (χ3n) is 4.63. The first-order chi connectivity index (χ1) is 13.6. The van der Waals surface area contributed by atoms with Crippen LogP contribution in [0.15, 0.2) is 46.2 Å². The molecule has 0 unspecified atom stereocenters. The summed E-state index contributed by atoms with van der Waals surface area (Å²) in [4.78, 5) is 16.2. The van der Waals surface area contributed by atoms with Crippen LogP contribution in [0.3, 0.4) is 0 Å². The zero-order chi connectivity index (χ0) is 21.2. The Morgan fingerprint density at radius 2 is 1.76 bits per heavy atom. The normalized spacial score (nSPS) is 16.1. The van der Waals surface area contributed by atoms with E-state index in [1.54, 1.807) is 25.1 Å². The van der Waals surface area contributed by atoms with E-state index < -0.39 is 23.8 Å². The standard InChI is InChI=1S/C20H18F5NO2S/c1-12-5-6-16(15(22)11-12)29-17-4-2-3-14(21)18(17)13-7-9-26(10-8-13)28-19(27)20(23,24)25/h2-6,11,13H,7-10H2,1H3. The lowest BCUT2D eigenvalue weighted by atomic mass is 9.89. The van der Waals surface area contributed by atoms with Crippen molar-refractivity contribution in [1.82, 2.24) is 5.06 Å². The molecule has 0 atom stereocenters. The first kappa shape index (κ1) is 21.6. The van der Waals surface area contributed by atoms with E-state index in [1.165, 1.54) is 18.2 Å². The summed E-state index contributed by atoms with van der Waals surface area (Å²) in [6.07, 6.45) is -4.46. The monoisotopic (exact) mass is 431 g/mol. The van der Waals surface area contributed by atoms with E-state index in [0.29, 0.717) is 28.2 Å². The predicted octanol–water partition coefficient (Wildman–Crippen LogP) is 5.62. The first-order valence-corrected chi connectivity index (χ1v) is 9.73. The molecule has 0 aromatic heterocycles. The van der Waals surface area contributed by atoms with Gasteiger partial charge in [0.05, 0.1) is 0 Å². The van der Waals surface area contributed by atoms with Crippen LogP contribution in [-0.2, 0) is 9.63 Å². The Balaban J connectivity index is 1.74. The van der Waals surface area contributed by atoms with Crippen LogP contribution in [0, 0.1) is 18.6 Å². The molecule has 2 aromatic carbocycles. The second kappa shape index (κ2) is 8.71.